The third-order valence-corrected chi connectivity index (χ3v) is 5.09. The van der Waals surface area contributed by atoms with Crippen LogP contribution in [0, 0.1) is 11.7 Å². The first-order valence-corrected chi connectivity index (χ1v) is 9.44. The smallest absolute Gasteiger partial charge is 0.253 e. The molecule has 0 N–H and O–H groups in total. The van der Waals surface area contributed by atoms with Crippen molar-refractivity contribution in [2.45, 2.75) is 26.7 Å². The maximum atomic E-state index is 13.0. The molecule has 0 aliphatic carbocycles. The van der Waals surface area contributed by atoms with Crippen molar-refractivity contribution >= 4 is 17.7 Å². The first kappa shape index (κ1) is 20.9. The third-order valence-electron chi connectivity index (χ3n) is 5.09. The predicted octanol–water partition coefficient (Wildman–Crippen LogP) is 2.00. The van der Waals surface area contributed by atoms with E-state index in [1.165, 1.54) is 29.2 Å². The van der Waals surface area contributed by atoms with Gasteiger partial charge in [-0.25, -0.2) is 4.39 Å². The van der Waals surface area contributed by atoms with Crippen LogP contribution in [0.25, 0.3) is 0 Å². The molecule has 0 atom stereocenters. The molecule has 0 saturated carbocycles. The van der Waals surface area contributed by atoms with Gasteiger partial charge in [0.25, 0.3) is 5.91 Å². The van der Waals surface area contributed by atoms with Crippen LogP contribution >= 0.6 is 0 Å². The van der Waals surface area contributed by atoms with Crippen molar-refractivity contribution in [3.05, 3.63) is 35.6 Å². The van der Waals surface area contributed by atoms with Gasteiger partial charge in [-0.3, -0.25) is 14.4 Å². The number of halogens is 1. The van der Waals surface area contributed by atoms with Gasteiger partial charge in [0, 0.05) is 44.7 Å². The van der Waals surface area contributed by atoms with Crippen LogP contribution in [-0.2, 0) is 9.59 Å². The zero-order valence-electron chi connectivity index (χ0n) is 16.3. The number of rotatable bonds is 6. The summed E-state index contributed by atoms with van der Waals surface area (Å²) >= 11 is 0. The number of carbonyl (C=O) groups excluding carboxylic acids is 3. The third kappa shape index (κ3) is 5.28. The van der Waals surface area contributed by atoms with Crippen molar-refractivity contribution in [2.24, 2.45) is 5.92 Å². The van der Waals surface area contributed by atoms with Gasteiger partial charge in [-0.2, -0.15) is 0 Å². The van der Waals surface area contributed by atoms with Crippen molar-refractivity contribution in [1.29, 1.82) is 0 Å². The Kier molecular flexibility index (Phi) is 7.33. The molecule has 1 aliphatic heterocycles. The summed E-state index contributed by atoms with van der Waals surface area (Å²) in [5, 5.41) is 0. The summed E-state index contributed by atoms with van der Waals surface area (Å²) in [7, 11) is 1.65. The normalized spacial score (nSPS) is 14.7. The Labute approximate surface area is 159 Å². The number of likely N-dealkylation sites (N-methyl/N-ethyl adjacent to an activating group) is 2. The van der Waals surface area contributed by atoms with Crippen LogP contribution in [0.1, 0.15) is 37.0 Å². The minimum atomic E-state index is -0.377. The van der Waals surface area contributed by atoms with Gasteiger partial charge in [-0.05, 0) is 51.0 Å². The van der Waals surface area contributed by atoms with Gasteiger partial charge in [0.1, 0.15) is 5.82 Å². The Hall–Kier alpha value is -2.44. The van der Waals surface area contributed by atoms with Crippen LogP contribution in [0.2, 0.25) is 0 Å². The van der Waals surface area contributed by atoms with Gasteiger partial charge in [-0.1, -0.05) is 0 Å². The second-order valence-corrected chi connectivity index (χ2v) is 6.83. The van der Waals surface area contributed by atoms with Crippen molar-refractivity contribution in [1.82, 2.24) is 14.7 Å². The second-order valence-electron chi connectivity index (χ2n) is 6.83. The maximum absolute atomic E-state index is 13.0. The number of carbonyl (C=O) groups is 3. The van der Waals surface area contributed by atoms with Crippen LogP contribution in [0.5, 0.6) is 0 Å². The lowest BCUT2D eigenvalue weighted by Crippen LogP contribution is -2.46. The van der Waals surface area contributed by atoms with Gasteiger partial charge in [0.15, 0.2) is 0 Å². The molecule has 148 valence electrons. The lowest BCUT2D eigenvalue weighted by atomic mass is 9.95. The molecule has 7 heteroatoms. The standard InChI is InChI=1S/C20H28FN3O3/c1-4-23(5-2)18(25)14-22(3)19(26)16-10-12-24(13-11-16)20(27)15-6-8-17(21)9-7-15/h6-9,16H,4-5,10-14H2,1-3H3. The summed E-state index contributed by atoms with van der Waals surface area (Å²) in [5.74, 6) is -0.815. The first-order chi connectivity index (χ1) is 12.9. The van der Waals surface area contributed by atoms with Gasteiger partial charge in [0.05, 0.1) is 6.54 Å². The fourth-order valence-electron chi connectivity index (χ4n) is 3.37. The van der Waals surface area contributed by atoms with Crippen LogP contribution < -0.4 is 0 Å². The highest BCUT2D eigenvalue weighted by atomic mass is 19.1. The highest BCUT2D eigenvalue weighted by molar-refractivity contribution is 5.94. The fourth-order valence-corrected chi connectivity index (χ4v) is 3.37. The fraction of sp³-hybridized carbons (Fsp3) is 0.550. The number of nitrogens with zero attached hydrogens (tertiary/aromatic N) is 3. The molecule has 0 radical (unpaired) electrons. The van der Waals surface area contributed by atoms with Gasteiger partial charge in [0.2, 0.25) is 11.8 Å². The molecule has 3 amide bonds. The molecule has 1 fully saturated rings. The highest BCUT2D eigenvalue weighted by Gasteiger charge is 2.30. The number of hydrogen-bond acceptors (Lipinski definition) is 3. The van der Waals surface area contributed by atoms with E-state index in [1.54, 1.807) is 16.8 Å². The molecular weight excluding hydrogens is 349 g/mol. The SMILES string of the molecule is CCN(CC)C(=O)CN(C)C(=O)C1CCN(C(=O)c2ccc(F)cc2)CC1. The summed E-state index contributed by atoms with van der Waals surface area (Å²) in [6.45, 7) is 6.11. The predicted molar refractivity (Wildman–Crippen MR) is 101 cm³/mol. The lowest BCUT2D eigenvalue weighted by Gasteiger charge is -2.33. The van der Waals surface area contributed by atoms with E-state index < -0.39 is 0 Å². The van der Waals surface area contributed by atoms with Crippen LogP contribution in [0.4, 0.5) is 4.39 Å². The number of amides is 3. The van der Waals surface area contributed by atoms with E-state index in [1.807, 2.05) is 13.8 Å². The van der Waals surface area contributed by atoms with Gasteiger partial charge >= 0.3 is 0 Å². The van der Waals surface area contributed by atoms with Gasteiger partial charge < -0.3 is 14.7 Å². The monoisotopic (exact) mass is 377 g/mol. The first-order valence-electron chi connectivity index (χ1n) is 9.44. The van der Waals surface area contributed by atoms with Crippen molar-refractivity contribution in [3.63, 3.8) is 0 Å². The van der Waals surface area contributed by atoms with Crippen LogP contribution in [0.3, 0.4) is 0 Å². The molecule has 0 aromatic heterocycles. The molecule has 0 spiro atoms. The molecule has 1 aliphatic rings. The maximum Gasteiger partial charge on any atom is 0.253 e. The van der Waals surface area contributed by atoms with Crippen molar-refractivity contribution in [2.75, 3.05) is 39.8 Å². The zero-order chi connectivity index (χ0) is 20.0. The van der Waals surface area contributed by atoms with Crippen LogP contribution in [-0.4, -0.2) is 72.2 Å². The summed E-state index contributed by atoms with van der Waals surface area (Å²) in [6, 6.07) is 5.49. The molecule has 1 heterocycles. The second kappa shape index (κ2) is 9.48. The van der Waals surface area contributed by atoms with E-state index >= 15 is 0 Å². The molecular formula is C20H28FN3O3. The lowest BCUT2D eigenvalue weighted by molar-refractivity contribution is -0.142. The van der Waals surface area contributed by atoms with E-state index in [-0.39, 0.29) is 36.0 Å². The average molecular weight is 377 g/mol. The van der Waals surface area contributed by atoms with Crippen LogP contribution in [0.15, 0.2) is 24.3 Å². The molecule has 0 bridgehead atoms. The number of benzene rings is 1. The summed E-state index contributed by atoms with van der Waals surface area (Å²) in [5.41, 5.74) is 0.447. The molecule has 0 unspecified atom stereocenters. The van der Waals surface area contributed by atoms with E-state index in [0.717, 1.165) is 0 Å². The van der Waals surface area contributed by atoms with E-state index in [4.69, 9.17) is 0 Å². The van der Waals surface area contributed by atoms with E-state index in [9.17, 15) is 18.8 Å². The number of piperidine rings is 1. The Morgan fingerprint density at radius 1 is 1.07 bits per heavy atom. The van der Waals surface area contributed by atoms with Crippen molar-refractivity contribution in [3.8, 4) is 0 Å². The molecule has 2 rings (SSSR count). The molecule has 1 aromatic rings. The molecule has 27 heavy (non-hydrogen) atoms. The largest absolute Gasteiger partial charge is 0.342 e. The minimum Gasteiger partial charge on any atom is -0.342 e. The summed E-state index contributed by atoms with van der Waals surface area (Å²) in [6.07, 6.45) is 1.13. The van der Waals surface area contributed by atoms with E-state index in [2.05, 4.69) is 0 Å². The Bertz CT molecular complexity index is 666. The number of likely N-dealkylation sites (tertiary alicyclic amines) is 1. The minimum absolute atomic E-state index is 0.0515. The highest BCUT2D eigenvalue weighted by Crippen LogP contribution is 2.21. The summed E-state index contributed by atoms with van der Waals surface area (Å²) in [4.78, 5) is 42.2. The molecule has 1 saturated heterocycles. The zero-order valence-corrected chi connectivity index (χ0v) is 16.3. The quantitative estimate of drug-likeness (QED) is 0.762. The molecule has 1 aromatic carbocycles. The average Bonchev–Trinajstić information content (AvgIpc) is 2.68. The Morgan fingerprint density at radius 3 is 2.15 bits per heavy atom. The molecule has 6 nitrogen and oxygen atoms in total. The number of hydrogen-bond donors (Lipinski definition) is 0. The topological polar surface area (TPSA) is 60.9 Å². The Morgan fingerprint density at radius 2 is 1.63 bits per heavy atom. The van der Waals surface area contributed by atoms with E-state index in [0.29, 0.717) is 44.6 Å². The van der Waals surface area contributed by atoms with Crippen molar-refractivity contribution < 1.29 is 18.8 Å². The Balaban J connectivity index is 1.87. The summed E-state index contributed by atoms with van der Waals surface area (Å²) < 4.78 is 13.0. The van der Waals surface area contributed by atoms with Gasteiger partial charge in [-0.15, -0.1) is 0 Å².